The third kappa shape index (κ3) is 3.46. The van der Waals surface area contributed by atoms with Gasteiger partial charge in [0.15, 0.2) is 0 Å². The van der Waals surface area contributed by atoms with Gasteiger partial charge in [0, 0.05) is 12.1 Å². The number of halogens is 1. The lowest BCUT2D eigenvalue weighted by molar-refractivity contribution is -0.124. The number of aromatic amines is 1. The number of nitrogens with zero attached hydrogens (tertiary/aromatic N) is 1. The minimum Gasteiger partial charge on any atom is -0.351 e. The van der Waals surface area contributed by atoms with E-state index in [-0.39, 0.29) is 42.6 Å². The number of hydrogen-bond donors (Lipinski definition) is 3. The second-order valence-electron chi connectivity index (χ2n) is 7.31. The molecule has 0 spiro atoms. The molecule has 2 fully saturated rings. The van der Waals surface area contributed by atoms with E-state index in [1.807, 2.05) is 24.3 Å². The molecule has 1 aromatic heterocycles. The summed E-state index contributed by atoms with van der Waals surface area (Å²) in [6.07, 6.45) is 5.50. The zero-order valence-electron chi connectivity index (χ0n) is 14.1. The Morgan fingerprint density at radius 2 is 1.92 bits per heavy atom. The van der Waals surface area contributed by atoms with Gasteiger partial charge < -0.3 is 16.0 Å². The summed E-state index contributed by atoms with van der Waals surface area (Å²) < 4.78 is 1.51. The summed E-state index contributed by atoms with van der Waals surface area (Å²) in [6, 6.07) is 7.93. The van der Waals surface area contributed by atoms with Gasteiger partial charge in [-0.25, -0.2) is 4.79 Å². The maximum Gasteiger partial charge on any atom is 0.326 e. The standard InChI is InChI=1S/C18H24N4O2.ClH/c19-13-8-11-4-3-5-12(9-13)17(11)21-16(23)10-22-15-7-2-1-6-14(15)20-18(22)24;/h1-2,6-7,11-13,17H,3-5,8-10,19H2,(H,20,24)(H,21,23);1H. The number of H-pyrrole nitrogens is 1. The summed E-state index contributed by atoms with van der Waals surface area (Å²) in [5, 5.41) is 3.20. The number of carbonyl (C=O) groups excluding carboxylic acids is 1. The van der Waals surface area contributed by atoms with Crippen molar-refractivity contribution in [3.05, 3.63) is 34.7 Å². The Bertz CT molecular complexity index is 801. The average molecular weight is 365 g/mol. The quantitative estimate of drug-likeness (QED) is 0.774. The van der Waals surface area contributed by atoms with Gasteiger partial charge in [-0.2, -0.15) is 0 Å². The summed E-state index contributed by atoms with van der Waals surface area (Å²) in [5.41, 5.74) is 7.44. The highest BCUT2D eigenvalue weighted by Gasteiger charge is 2.39. The van der Waals surface area contributed by atoms with Crippen molar-refractivity contribution in [3.63, 3.8) is 0 Å². The van der Waals surface area contributed by atoms with Crippen LogP contribution in [0, 0.1) is 11.8 Å². The number of nitrogens with two attached hydrogens (primary N) is 1. The fourth-order valence-corrected chi connectivity index (χ4v) is 4.66. The molecule has 6 nitrogen and oxygen atoms in total. The first-order valence-corrected chi connectivity index (χ1v) is 8.84. The minimum absolute atomic E-state index is 0. The Morgan fingerprint density at radius 1 is 1.24 bits per heavy atom. The number of aromatic nitrogens is 2. The number of para-hydroxylation sites is 2. The molecule has 2 aliphatic rings. The predicted octanol–water partition coefficient (Wildman–Crippen LogP) is 1.77. The van der Waals surface area contributed by atoms with Gasteiger partial charge in [-0.15, -0.1) is 12.4 Å². The molecule has 1 aromatic carbocycles. The number of nitrogens with one attached hydrogen (secondary N) is 2. The fraction of sp³-hybridized carbons (Fsp3) is 0.556. The smallest absolute Gasteiger partial charge is 0.326 e. The van der Waals surface area contributed by atoms with E-state index in [9.17, 15) is 9.59 Å². The van der Waals surface area contributed by atoms with E-state index >= 15 is 0 Å². The zero-order chi connectivity index (χ0) is 16.7. The summed E-state index contributed by atoms with van der Waals surface area (Å²) in [5.74, 6) is 0.881. The minimum atomic E-state index is -0.239. The first-order valence-electron chi connectivity index (χ1n) is 8.84. The van der Waals surface area contributed by atoms with Crippen molar-refractivity contribution in [2.75, 3.05) is 0 Å². The van der Waals surface area contributed by atoms with Gasteiger partial charge in [0.05, 0.1) is 11.0 Å². The van der Waals surface area contributed by atoms with Crippen LogP contribution in [0.3, 0.4) is 0 Å². The highest BCUT2D eigenvalue weighted by atomic mass is 35.5. The number of rotatable bonds is 3. The van der Waals surface area contributed by atoms with E-state index in [0.29, 0.717) is 11.8 Å². The Balaban J connectivity index is 0.00000182. The van der Waals surface area contributed by atoms with Gasteiger partial charge in [0.25, 0.3) is 0 Å². The Morgan fingerprint density at radius 3 is 2.64 bits per heavy atom. The van der Waals surface area contributed by atoms with Crippen molar-refractivity contribution >= 4 is 29.3 Å². The summed E-state index contributed by atoms with van der Waals surface area (Å²) in [4.78, 5) is 27.5. The molecule has 2 unspecified atom stereocenters. The van der Waals surface area contributed by atoms with Crippen LogP contribution < -0.4 is 16.7 Å². The monoisotopic (exact) mass is 364 g/mol. The molecule has 2 aliphatic carbocycles. The van der Waals surface area contributed by atoms with Gasteiger partial charge in [-0.05, 0) is 49.7 Å². The first-order chi connectivity index (χ1) is 11.6. The van der Waals surface area contributed by atoms with Crippen LogP contribution >= 0.6 is 12.4 Å². The van der Waals surface area contributed by atoms with Crippen molar-refractivity contribution in [1.29, 1.82) is 0 Å². The number of fused-ring (bicyclic) bond motifs is 3. The van der Waals surface area contributed by atoms with Crippen molar-refractivity contribution in [1.82, 2.24) is 14.9 Å². The highest BCUT2D eigenvalue weighted by Crippen LogP contribution is 2.39. The van der Waals surface area contributed by atoms with E-state index in [4.69, 9.17) is 5.73 Å². The maximum absolute atomic E-state index is 12.6. The van der Waals surface area contributed by atoms with Crippen LogP contribution in [0.4, 0.5) is 0 Å². The lowest BCUT2D eigenvalue weighted by Gasteiger charge is -2.45. The second kappa shape index (κ2) is 7.22. The van der Waals surface area contributed by atoms with Crippen LogP contribution in [-0.4, -0.2) is 27.5 Å². The average Bonchev–Trinajstić information content (AvgIpc) is 2.84. The van der Waals surface area contributed by atoms with Gasteiger partial charge in [-0.3, -0.25) is 9.36 Å². The maximum atomic E-state index is 12.6. The van der Waals surface area contributed by atoms with Crippen molar-refractivity contribution in [2.24, 2.45) is 17.6 Å². The van der Waals surface area contributed by atoms with Crippen molar-refractivity contribution < 1.29 is 4.79 Å². The molecule has 2 aromatic rings. The molecular weight excluding hydrogens is 340 g/mol. The molecule has 25 heavy (non-hydrogen) atoms. The SMILES string of the molecule is Cl.NC1CC2CCCC(C1)C2NC(=O)Cn1c(=O)[nH]c2ccccc21. The number of benzene rings is 1. The number of imidazole rings is 1. The fourth-order valence-electron chi connectivity index (χ4n) is 4.66. The topological polar surface area (TPSA) is 92.9 Å². The van der Waals surface area contributed by atoms with E-state index in [2.05, 4.69) is 10.3 Å². The van der Waals surface area contributed by atoms with Crippen LogP contribution in [-0.2, 0) is 11.3 Å². The van der Waals surface area contributed by atoms with Crippen LogP contribution in [0.2, 0.25) is 0 Å². The molecule has 0 saturated heterocycles. The van der Waals surface area contributed by atoms with E-state index in [1.54, 1.807) is 0 Å². The largest absolute Gasteiger partial charge is 0.351 e. The molecule has 2 saturated carbocycles. The first kappa shape index (κ1) is 18.0. The van der Waals surface area contributed by atoms with E-state index in [0.717, 1.165) is 36.7 Å². The Kier molecular flexibility index (Phi) is 5.20. The van der Waals surface area contributed by atoms with Gasteiger partial charge in [0.1, 0.15) is 6.54 Å². The molecule has 4 rings (SSSR count). The van der Waals surface area contributed by atoms with Gasteiger partial charge >= 0.3 is 5.69 Å². The Hall–Kier alpha value is -1.79. The summed E-state index contributed by atoms with van der Waals surface area (Å²) in [7, 11) is 0. The van der Waals surface area contributed by atoms with E-state index in [1.165, 1.54) is 11.0 Å². The van der Waals surface area contributed by atoms with Crippen LogP contribution in [0.1, 0.15) is 32.1 Å². The van der Waals surface area contributed by atoms with Gasteiger partial charge in [-0.1, -0.05) is 18.6 Å². The zero-order valence-corrected chi connectivity index (χ0v) is 14.9. The third-order valence-corrected chi connectivity index (χ3v) is 5.69. The van der Waals surface area contributed by atoms with E-state index < -0.39 is 0 Å². The molecule has 2 bridgehead atoms. The second-order valence-corrected chi connectivity index (χ2v) is 7.31. The number of amides is 1. The summed E-state index contributed by atoms with van der Waals surface area (Å²) >= 11 is 0. The van der Waals surface area contributed by atoms with Crippen molar-refractivity contribution in [3.8, 4) is 0 Å². The van der Waals surface area contributed by atoms with Crippen LogP contribution in [0.25, 0.3) is 11.0 Å². The van der Waals surface area contributed by atoms with Crippen molar-refractivity contribution in [2.45, 2.75) is 50.7 Å². The lowest BCUT2D eigenvalue weighted by atomic mass is 9.67. The normalized spacial score (nSPS) is 28.4. The third-order valence-electron chi connectivity index (χ3n) is 5.69. The molecular formula is C18H25ClN4O2. The highest BCUT2D eigenvalue weighted by molar-refractivity contribution is 5.85. The molecule has 7 heteroatoms. The molecule has 0 radical (unpaired) electrons. The molecule has 136 valence electrons. The number of hydrogen-bond acceptors (Lipinski definition) is 3. The molecule has 1 amide bonds. The lowest BCUT2D eigenvalue weighted by Crippen LogP contribution is -2.54. The molecule has 0 aliphatic heterocycles. The Labute approximate surface area is 152 Å². The molecule has 4 N–H and O–H groups in total. The van der Waals surface area contributed by atoms with Gasteiger partial charge in [0.2, 0.25) is 5.91 Å². The number of carbonyl (C=O) groups is 1. The van der Waals surface area contributed by atoms with Crippen LogP contribution in [0.5, 0.6) is 0 Å². The predicted molar refractivity (Wildman–Crippen MR) is 99.8 cm³/mol. The molecule has 1 heterocycles. The molecule has 2 atom stereocenters. The summed E-state index contributed by atoms with van der Waals surface area (Å²) in [6.45, 7) is 0.0604. The van der Waals surface area contributed by atoms with Crippen LogP contribution in [0.15, 0.2) is 29.1 Å².